The number of piperazine rings is 1. The van der Waals surface area contributed by atoms with Crippen LogP contribution in [0.1, 0.15) is 24.2 Å². The number of fused-ring (bicyclic) bond motifs is 1. The number of hydrogen-bond donors (Lipinski definition) is 0. The van der Waals surface area contributed by atoms with Crippen molar-refractivity contribution in [2.75, 3.05) is 31.1 Å². The summed E-state index contributed by atoms with van der Waals surface area (Å²) >= 11 is 0. The Morgan fingerprint density at radius 1 is 1.00 bits per heavy atom. The van der Waals surface area contributed by atoms with Gasteiger partial charge in [-0.05, 0) is 24.1 Å². The molecule has 1 aromatic carbocycles. The van der Waals surface area contributed by atoms with E-state index in [0.29, 0.717) is 31.7 Å². The molecule has 9 heteroatoms. The van der Waals surface area contributed by atoms with E-state index in [9.17, 15) is 9.18 Å². The number of alkyl halides is 1. The van der Waals surface area contributed by atoms with Gasteiger partial charge in [0.2, 0.25) is 0 Å². The molecule has 34 heavy (non-hydrogen) atoms. The summed E-state index contributed by atoms with van der Waals surface area (Å²) < 4.78 is 22.0. The molecule has 4 aromatic rings. The molecule has 1 aliphatic heterocycles. The molecular weight excluding hydrogens is 435 g/mol. The molecule has 5 rings (SSSR count). The summed E-state index contributed by atoms with van der Waals surface area (Å²) in [6, 6.07) is 11.2. The highest BCUT2D eigenvalue weighted by Crippen LogP contribution is 2.27. The van der Waals surface area contributed by atoms with Crippen LogP contribution in [0.5, 0.6) is 0 Å². The lowest BCUT2D eigenvalue weighted by Crippen LogP contribution is -2.49. The summed E-state index contributed by atoms with van der Waals surface area (Å²) in [7, 11) is 1.90. The SMILES string of the molecule is CC(OC(=O)N1CCN(c2cnn3cc(-c4cnn(C)c4)ccc23)CC1)c1ccc(CF)cc1. The van der Waals surface area contributed by atoms with Gasteiger partial charge in [0.15, 0.2) is 0 Å². The van der Waals surface area contributed by atoms with Gasteiger partial charge in [0, 0.05) is 56.7 Å². The van der Waals surface area contributed by atoms with Crippen molar-refractivity contribution < 1.29 is 13.9 Å². The van der Waals surface area contributed by atoms with Crippen molar-refractivity contribution in [1.82, 2.24) is 24.3 Å². The molecule has 0 radical (unpaired) electrons. The fraction of sp³-hybridized carbons (Fsp3) is 0.320. The predicted molar refractivity (Wildman–Crippen MR) is 127 cm³/mol. The van der Waals surface area contributed by atoms with Gasteiger partial charge in [0.25, 0.3) is 0 Å². The van der Waals surface area contributed by atoms with E-state index in [4.69, 9.17) is 4.74 Å². The van der Waals surface area contributed by atoms with Crippen LogP contribution in [0.25, 0.3) is 16.6 Å². The van der Waals surface area contributed by atoms with Crippen LogP contribution in [-0.2, 0) is 18.5 Å². The fourth-order valence-corrected chi connectivity index (χ4v) is 4.26. The lowest BCUT2D eigenvalue weighted by Gasteiger charge is -2.35. The lowest BCUT2D eigenvalue weighted by molar-refractivity contribution is 0.0680. The first-order valence-corrected chi connectivity index (χ1v) is 11.3. The Balaban J connectivity index is 1.21. The molecule has 1 atom stereocenters. The highest BCUT2D eigenvalue weighted by molar-refractivity contribution is 5.76. The Labute approximate surface area is 197 Å². The van der Waals surface area contributed by atoms with Crippen LogP contribution in [0.2, 0.25) is 0 Å². The summed E-state index contributed by atoms with van der Waals surface area (Å²) in [6.45, 7) is 3.85. The van der Waals surface area contributed by atoms with E-state index in [1.165, 1.54) is 0 Å². The van der Waals surface area contributed by atoms with E-state index < -0.39 is 12.8 Å². The van der Waals surface area contributed by atoms with E-state index in [1.54, 1.807) is 33.8 Å². The highest BCUT2D eigenvalue weighted by atomic mass is 19.1. The quantitative estimate of drug-likeness (QED) is 0.444. The van der Waals surface area contributed by atoms with Gasteiger partial charge in [-0.25, -0.2) is 13.7 Å². The second-order valence-electron chi connectivity index (χ2n) is 8.56. The zero-order valence-corrected chi connectivity index (χ0v) is 19.3. The van der Waals surface area contributed by atoms with Gasteiger partial charge < -0.3 is 14.5 Å². The normalized spacial score (nSPS) is 15.0. The van der Waals surface area contributed by atoms with Crippen molar-refractivity contribution in [3.05, 3.63) is 72.3 Å². The Morgan fingerprint density at radius 2 is 1.76 bits per heavy atom. The second kappa shape index (κ2) is 9.17. The molecule has 0 aliphatic carbocycles. The van der Waals surface area contributed by atoms with Gasteiger partial charge in [0.1, 0.15) is 12.8 Å². The van der Waals surface area contributed by atoms with E-state index in [-0.39, 0.29) is 6.09 Å². The van der Waals surface area contributed by atoms with Crippen molar-refractivity contribution >= 4 is 17.3 Å². The minimum atomic E-state index is -0.503. The first kappa shape index (κ1) is 21.9. The van der Waals surface area contributed by atoms with Crippen LogP contribution >= 0.6 is 0 Å². The Morgan fingerprint density at radius 3 is 2.44 bits per heavy atom. The highest BCUT2D eigenvalue weighted by Gasteiger charge is 2.25. The molecule has 8 nitrogen and oxygen atoms in total. The average Bonchev–Trinajstić information content (AvgIpc) is 3.50. The summed E-state index contributed by atoms with van der Waals surface area (Å²) in [5, 5.41) is 8.78. The molecule has 0 bridgehead atoms. The molecule has 1 amide bonds. The number of nitrogens with zero attached hydrogens (tertiary/aromatic N) is 6. The first-order valence-electron chi connectivity index (χ1n) is 11.3. The number of halogens is 1. The van der Waals surface area contributed by atoms with Crippen LogP contribution in [0, 0.1) is 0 Å². The number of aromatic nitrogens is 4. The summed E-state index contributed by atoms with van der Waals surface area (Å²) in [5.74, 6) is 0. The monoisotopic (exact) mass is 462 g/mol. The number of benzene rings is 1. The van der Waals surface area contributed by atoms with Gasteiger partial charge in [-0.3, -0.25) is 4.68 Å². The van der Waals surface area contributed by atoms with Gasteiger partial charge in [0.05, 0.1) is 23.6 Å². The maximum Gasteiger partial charge on any atom is 0.410 e. The van der Waals surface area contributed by atoms with E-state index in [2.05, 4.69) is 27.2 Å². The Bertz CT molecular complexity index is 1290. The van der Waals surface area contributed by atoms with Gasteiger partial charge in [-0.15, -0.1) is 0 Å². The molecule has 3 aromatic heterocycles. The number of hydrogen-bond acceptors (Lipinski definition) is 5. The molecule has 0 N–H and O–H groups in total. The molecule has 1 saturated heterocycles. The van der Waals surface area contributed by atoms with Crippen LogP contribution in [-0.4, -0.2) is 56.6 Å². The molecule has 4 heterocycles. The third kappa shape index (κ3) is 4.33. The zero-order chi connectivity index (χ0) is 23.7. The first-order chi connectivity index (χ1) is 16.5. The minimum Gasteiger partial charge on any atom is -0.442 e. The number of rotatable bonds is 5. The second-order valence-corrected chi connectivity index (χ2v) is 8.56. The van der Waals surface area contributed by atoms with Crippen LogP contribution in [0.3, 0.4) is 0 Å². The number of pyridine rings is 1. The maximum absolute atomic E-state index is 12.7. The Kier molecular flexibility index (Phi) is 5.91. The number of carbonyl (C=O) groups is 1. The van der Waals surface area contributed by atoms with Crippen molar-refractivity contribution in [3.8, 4) is 11.1 Å². The van der Waals surface area contributed by atoms with Crippen LogP contribution in [0.15, 0.2) is 61.2 Å². The van der Waals surface area contributed by atoms with Crippen LogP contribution in [0.4, 0.5) is 14.9 Å². The van der Waals surface area contributed by atoms with Crippen molar-refractivity contribution in [2.45, 2.75) is 19.7 Å². The molecule has 0 saturated carbocycles. The largest absolute Gasteiger partial charge is 0.442 e. The number of amides is 1. The minimum absolute atomic E-state index is 0.331. The number of aryl methyl sites for hydroxylation is 1. The predicted octanol–water partition coefficient (Wildman–Crippen LogP) is 4.22. The topological polar surface area (TPSA) is 67.9 Å². The van der Waals surface area contributed by atoms with E-state index >= 15 is 0 Å². The molecular formula is C25H27FN6O2. The van der Waals surface area contributed by atoms with Crippen molar-refractivity contribution in [1.29, 1.82) is 0 Å². The average molecular weight is 463 g/mol. The maximum atomic E-state index is 12.7. The summed E-state index contributed by atoms with van der Waals surface area (Å²) in [5.41, 5.74) is 5.62. The smallest absolute Gasteiger partial charge is 0.410 e. The third-order valence-corrected chi connectivity index (χ3v) is 6.29. The molecule has 1 aliphatic rings. The number of anilines is 1. The fourth-order valence-electron chi connectivity index (χ4n) is 4.26. The van der Waals surface area contributed by atoms with Crippen LogP contribution < -0.4 is 4.90 Å². The molecule has 176 valence electrons. The van der Waals surface area contributed by atoms with Gasteiger partial charge >= 0.3 is 6.09 Å². The van der Waals surface area contributed by atoms with Gasteiger partial charge in [-0.2, -0.15) is 10.2 Å². The Hall–Kier alpha value is -3.88. The van der Waals surface area contributed by atoms with E-state index in [1.807, 2.05) is 43.3 Å². The number of ether oxygens (including phenoxy) is 1. The third-order valence-electron chi connectivity index (χ3n) is 6.29. The number of carbonyl (C=O) groups excluding carboxylic acids is 1. The zero-order valence-electron chi connectivity index (χ0n) is 19.3. The van der Waals surface area contributed by atoms with Crippen molar-refractivity contribution in [2.24, 2.45) is 7.05 Å². The molecule has 1 unspecified atom stereocenters. The standard InChI is InChI=1S/C25H27FN6O2/c1-18(20-5-3-19(13-26)4-6-20)34-25(33)31-11-9-30(10-12-31)24-15-28-32-17-21(7-8-23(24)32)22-14-27-29(2)16-22/h3-8,14-18H,9-13H2,1-2H3. The van der Waals surface area contributed by atoms with E-state index in [0.717, 1.165) is 27.9 Å². The summed E-state index contributed by atoms with van der Waals surface area (Å²) in [6.07, 6.45) is 6.97. The van der Waals surface area contributed by atoms with Crippen molar-refractivity contribution in [3.63, 3.8) is 0 Å². The summed E-state index contributed by atoms with van der Waals surface area (Å²) in [4.78, 5) is 16.7. The molecule has 0 spiro atoms. The van der Waals surface area contributed by atoms with Gasteiger partial charge in [-0.1, -0.05) is 30.3 Å². The molecule has 1 fully saturated rings. The lowest BCUT2D eigenvalue weighted by atomic mass is 10.1.